The van der Waals surface area contributed by atoms with E-state index < -0.39 is 126 Å². The Hall–Kier alpha value is -1.80. The number of hydrogen-bond donors (Lipinski definition) is 2. The fourth-order valence-corrected chi connectivity index (χ4v) is 7.38. The van der Waals surface area contributed by atoms with Crippen LogP contribution in [0.3, 0.4) is 0 Å². The number of carbonyl (C=O) groups is 2. The molecule has 0 heterocycles. The molecule has 0 aliphatic carbocycles. The van der Waals surface area contributed by atoms with Gasteiger partial charge in [0.15, 0.2) is 0 Å². The number of nitrogens with zero attached hydrogens (tertiary/aromatic N) is 3. The van der Waals surface area contributed by atoms with Crippen LogP contribution >= 0.6 is 0 Å². The smallest absolute Gasteiger partial charge is 0.744 e. The molecular formula is C28H15N3Na4O18S4. The van der Waals surface area contributed by atoms with Gasteiger partial charge in [-0.25, -0.2) is 33.7 Å². The number of phenolic OH excluding ortho intramolecular Hbond substituents is 2. The number of aromatic hydroxyl groups is 2. The monoisotopic (exact) mass is 901 g/mol. The van der Waals surface area contributed by atoms with Crippen LogP contribution < -0.4 is 128 Å². The molecular weight excluding hydrogens is 887 g/mol. The van der Waals surface area contributed by atoms with E-state index in [0.29, 0.717) is 70.5 Å². The SMILES string of the molecule is O=CN(c1cc(N(C=O)c2cc(S(=O)(=O)[O-])cc3cc(S(=O)(=O)[O-])cc(O)c23)cc([N+](=O)[O-])c1)c1cc(S(=O)(=O)[O-])cc2cc(S(=O)(=O)[O-])cc(O)c12.[Na+].[Na+].[Na+].[Na+]. The van der Waals surface area contributed by atoms with Crippen LogP contribution in [0.4, 0.5) is 28.4 Å². The second-order valence-electron chi connectivity index (χ2n) is 10.7. The van der Waals surface area contributed by atoms with Crippen molar-refractivity contribution in [3.8, 4) is 11.5 Å². The van der Waals surface area contributed by atoms with Gasteiger partial charge in [0, 0.05) is 22.9 Å². The minimum atomic E-state index is -5.46. The Balaban J connectivity index is 0.00000406. The number of hydrogen-bond acceptors (Lipinski definition) is 18. The van der Waals surface area contributed by atoms with Gasteiger partial charge in [-0.3, -0.25) is 29.5 Å². The molecule has 0 aliphatic heterocycles. The maximum absolute atomic E-state index is 12.6. The van der Waals surface area contributed by atoms with Crippen molar-refractivity contribution in [2.24, 2.45) is 0 Å². The molecule has 2 N–H and O–H groups in total. The third kappa shape index (κ3) is 11.3. The van der Waals surface area contributed by atoms with Crippen molar-refractivity contribution in [1.29, 1.82) is 0 Å². The molecule has 5 rings (SSSR count). The van der Waals surface area contributed by atoms with E-state index in [9.17, 15) is 81.8 Å². The number of nitro benzene ring substituents is 1. The van der Waals surface area contributed by atoms with E-state index >= 15 is 0 Å². The predicted molar refractivity (Wildman–Crippen MR) is 173 cm³/mol. The predicted octanol–water partition coefficient (Wildman–Crippen LogP) is -10.5. The number of non-ortho nitro benzene ring substituents is 1. The second-order valence-corrected chi connectivity index (χ2v) is 16.2. The number of anilines is 4. The molecule has 0 saturated carbocycles. The molecule has 0 aliphatic rings. The van der Waals surface area contributed by atoms with E-state index in [1.807, 2.05) is 0 Å². The van der Waals surface area contributed by atoms with Gasteiger partial charge in [-0.2, -0.15) is 0 Å². The summed E-state index contributed by atoms with van der Waals surface area (Å²) in [5.74, 6) is -2.13. The zero-order valence-electron chi connectivity index (χ0n) is 29.4. The molecule has 0 unspecified atom stereocenters. The molecule has 0 bridgehead atoms. The third-order valence-corrected chi connectivity index (χ3v) is 10.7. The summed E-state index contributed by atoms with van der Waals surface area (Å²) in [6.45, 7) is 0. The Kier molecular flexibility index (Phi) is 18.0. The molecule has 0 radical (unpaired) electrons. The number of amides is 2. The first-order valence-electron chi connectivity index (χ1n) is 13.6. The maximum Gasteiger partial charge on any atom is 1.00 e. The van der Waals surface area contributed by atoms with Gasteiger partial charge in [-0.15, -0.1) is 0 Å². The van der Waals surface area contributed by atoms with Crippen molar-refractivity contribution in [2.45, 2.75) is 19.6 Å². The molecule has 0 atom stereocenters. The van der Waals surface area contributed by atoms with Gasteiger partial charge in [-0.1, -0.05) is 0 Å². The Labute approximate surface area is 410 Å². The average molecular weight is 902 g/mol. The maximum atomic E-state index is 12.6. The number of fused-ring (bicyclic) bond motifs is 2. The van der Waals surface area contributed by atoms with Crippen molar-refractivity contribution in [2.75, 3.05) is 9.80 Å². The van der Waals surface area contributed by atoms with Gasteiger partial charge in [0.2, 0.25) is 12.8 Å². The molecule has 21 nitrogen and oxygen atoms in total. The van der Waals surface area contributed by atoms with Gasteiger partial charge >= 0.3 is 118 Å². The standard InChI is InChI=1S/C28H19N3O18S4.4Na/c32-12-29(23-8-19(50(38,39)40)1-14-3-21(52(44,45)46)10-25(34)27(14)23)16-5-17(7-18(6-16)31(36)37)30(13-33)24-9-20(51(41,42)43)2-15-4-22(53(47,48)49)11-26(35)28(15)24;;;;/h1-13,34-35H,(H,38,39,40)(H,41,42,43)(H,44,45,46)(H,47,48,49);;;;/q;4*+1/p-4. The van der Waals surface area contributed by atoms with Crippen LogP contribution in [-0.4, -0.2) is 79.8 Å². The van der Waals surface area contributed by atoms with Gasteiger partial charge in [-0.05, 0) is 65.4 Å². The first-order chi connectivity index (χ1) is 24.3. The van der Waals surface area contributed by atoms with E-state index in [4.69, 9.17) is 0 Å². The van der Waals surface area contributed by atoms with Crippen LogP contribution in [0.15, 0.2) is 86.3 Å². The van der Waals surface area contributed by atoms with Crippen LogP contribution in [0.5, 0.6) is 11.5 Å². The normalized spacial score (nSPS) is 11.6. The molecule has 2 amide bonds. The number of carbonyl (C=O) groups excluding carboxylic acids is 2. The topological polar surface area (TPSA) is 353 Å². The van der Waals surface area contributed by atoms with Crippen LogP contribution in [-0.2, 0) is 50.1 Å². The zero-order valence-corrected chi connectivity index (χ0v) is 40.7. The summed E-state index contributed by atoms with van der Waals surface area (Å²) in [5, 5.41) is 31.2. The van der Waals surface area contributed by atoms with Gasteiger partial charge in [0.05, 0.1) is 47.3 Å². The molecule has 57 heavy (non-hydrogen) atoms. The first-order valence-corrected chi connectivity index (χ1v) is 19.2. The number of rotatable bonds is 11. The van der Waals surface area contributed by atoms with Crippen molar-refractivity contribution in [3.63, 3.8) is 0 Å². The van der Waals surface area contributed by atoms with Crippen molar-refractivity contribution >= 4 is 103 Å². The minimum absolute atomic E-state index is 0. The van der Waals surface area contributed by atoms with Crippen LogP contribution in [0.1, 0.15) is 0 Å². The van der Waals surface area contributed by atoms with E-state index in [0.717, 1.165) is 6.07 Å². The fraction of sp³-hybridized carbons (Fsp3) is 0. The van der Waals surface area contributed by atoms with Gasteiger partial charge in [0.25, 0.3) is 5.69 Å². The van der Waals surface area contributed by atoms with E-state index in [1.54, 1.807) is 0 Å². The Morgan fingerprint density at radius 1 is 0.491 bits per heavy atom. The molecule has 0 aromatic heterocycles. The summed E-state index contributed by atoms with van der Waals surface area (Å²) in [5.41, 5.74) is -3.80. The molecule has 278 valence electrons. The van der Waals surface area contributed by atoms with Crippen LogP contribution in [0, 0.1) is 10.1 Å². The largest absolute Gasteiger partial charge is 1.00 e. The van der Waals surface area contributed by atoms with Crippen molar-refractivity contribution < 1.29 is 195 Å². The summed E-state index contributed by atoms with van der Waals surface area (Å²) in [4.78, 5) is 32.6. The Bertz CT molecular complexity index is 2720. The summed E-state index contributed by atoms with van der Waals surface area (Å²) < 4.78 is 142. The third-order valence-electron chi connectivity index (χ3n) is 7.45. The second kappa shape index (κ2) is 19.3. The Morgan fingerprint density at radius 2 is 0.772 bits per heavy atom. The summed E-state index contributed by atoms with van der Waals surface area (Å²) in [7, 11) is -21.5. The quantitative estimate of drug-likeness (QED) is 0.0409. The first kappa shape index (κ1) is 53.2. The van der Waals surface area contributed by atoms with Crippen LogP contribution in [0.25, 0.3) is 21.5 Å². The molecule has 0 saturated heterocycles. The minimum Gasteiger partial charge on any atom is -0.744 e. The molecule has 0 spiro atoms. The van der Waals surface area contributed by atoms with E-state index in [2.05, 4.69) is 0 Å². The molecule has 5 aromatic carbocycles. The summed E-state index contributed by atoms with van der Waals surface area (Å²) in [6.07, 6.45) is -0.253. The molecule has 29 heteroatoms. The zero-order chi connectivity index (χ0) is 39.6. The fourth-order valence-electron chi connectivity index (χ4n) is 5.27. The van der Waals surface area contributed by atoms with E-state index in [-0.39, 0.29) is 131 Å². The average Bonchev–Trinajstić information content (AvgIpc) is 3.03. The van der Waals surface area contributed by atoms with Gasteiger partial charge in [0.1, 0.15) is 52.0 Å². The Morgan fingerprint density at radius 3 is 1.02 bits per heavy atom. The van der Waals surface area contributed by atoms with Crippen LogP contribution in [0.2, 0.25) is 0 Å². The number of phenols is 2. The summed E-state index contributed by atoms with van der Waals surface area (Å²) in [6, 6.07) is 6.19. The molecule has 0 fully saturated rings. The van der Waals surface area contributed by atoms with Crippen molar-refractivity contribution in [3.05, 3.63) is 76.8 Å². The van der Waals surface area contributed by atoms with E-state index in [1.165, 1.54) is 0 Å². The number of nitro groups is 1. The number of benzene rings is 5. The van der Waals surface area contributed by atoms with Gasteiger partial charge < -0.3 is 28.4 Å². The summed E-state index contributed by atoms with van der Waals surface area (Å²) >= 11 is 0. The molecule has 5 aromatic rings. The van der Waals surface area contributed by atoms with Crippen molar-refractivity contribution in [1.82, 2.24) is 0 Å².